The molecule has 3 aliphatic heterocycles. The van der Waals surface area contributed by atoms with Crippen LogP contribution in [0.1, 0.15) is 58.7 Å². The zero-order valence-electron chi connectivity index (χ0n) is 22.7. The standard InChI is InChI=1S/C28H32O15/c1-9(30)41-11-4-2-10(3-5-11)14-6-12(31)16-21(35)17(28-25(39)23(37)20(34)15(7-29)43-28)22(36)18(26(16)42-14)27-24(38)19(33)13(32)8-40-27/h2-5,13-15,19-20,23-25,27-29,32-39H,6-8H2,1H3/t13-,14?,15-,19+,20-,23+,24-,25-,27+,28+/m1/s1. The van der Waals surface area contributed by atoms with Crippen molar-refractivity contribution in [2.24, 2.45) is 0 Å². The molecule has 2 fully saturated rings. The van der Waals surface area contributed by atoms with Crippen molar-refractivity contribution in [2.45, 2.75) is 74.4 Å². The summed E-state index contributed by atoms with van der Waals surface area (Å²) in [5.74, 6) is -3.28. The van der Waals surface area contributed by atoms with Crippen molar-refractivity contribution in [1.82, 2.24) is 0 Å². The highest BCUT2D eigenvalue weighted by Crippen LogP contribution is 2.55. The molecule has 3 aliphatic rings. The van der Waals surface area contributed by atoms with Crippen molar-refractivity contribution in [1.29, 1.82) is 0 Å². The van der Waals surface area contributed by atoms with Crippen LogP contribution >= 0.6 is 0 Å². The number of phenolic OH excluding ortho intramolecular Hbond substituents is 2. The van der Waals surface area contributed by atoms with E-state index in [0.717, 1.165) is 0 Å². The number of aliphatic hydroxyl groups is 7. The van der Waals surface area contributed by atoms with Crippen LogP contribution in [-0.4, -0.2) is 114 Å². The Bertz CT molecular complexity index is 1380. The van der Waals surface area contributed by atoms with Gasteiger partial charge in [0.1, 0.15) is 89.6 Å². The maximum Gasteiger partial charge on any atom is 0.308 e. The van der Waals surface area contributed by atoms with Gasteiger partial charge in [-0.25, -0.2) is 0 Å². The van der Waals surface area contributed by atoms with E-state index in [9.17, 15) is 55.5 Å². The van der Waals surface area contributed by atoms with E-state index in [4.69, 9.17) is 18.9 Å². The Morgan fingerprint density at radius 3 is 2.16 bits per heavy atom. The number of aliphatic hydroxyl groups excluding tert-OH is 7. The van der Waals surface area contributed by atoms with Crippen LogP contribution in [0.3, 0.4) is 0 Å². The zero-order valence-corrected chi connectivity index (χ0v) is 22.7. The molecule has 234 valence electrons. The fraction of sp³-hybridized carbons (Fsp3) is 0.500. The van der Waals surface area contributed by atoms with Crippen LogP contribution in [0.25, 0.3) is 0 Å². The number of fused-ring (bicyclic) bond motifs is 1. The summed E-state index contributed by atoms with van der Waals surface area (Å²) in [7, 11) is 0. The first kappa shape index (κ1) is 31.1. The molecule has 9 N–H and O–H groups in total. The monoisotopic (exact) mass is 608 g/mol. The molecule has 2 aromatic carbocycles. The van der Waals surface area contributed by atoms with Crippen molar-refractivity contribution in [2.75, 3.05) is 13.2 Å². The normalized spacial score (nSPS) is 34.3. The van der Waals surface area contributed by atoms with Gasteiger partial charge in [-0.3, -0.25) is 9.59 Å². The Balaban J connectivity index is 1.65. The van der Waals surface area contributed by atoms with Crippen molar-refractivity contribution in [3.63, 3.8) is 0 Å². The average Bonchev–Trinajstić information content (AvgIpc) is 2.96. The van der Waals surface area contributed by atoms with Gasteiger partial charge in [-0.2, -0.15) is 0 Å². The summed E-state index contributed by atoms with van der Waals surface area (Å²) in [5.41, 5.74) is -1.14. The molecule has 0 bridgehead atoms. The molecule has 5 rings (SSSR count). The van der Waals surface area contributed by atoms with Gasteiger partial charge < -0.3 is 64.9 Å². The molecule has 2 aromatic rings. The lowest BCUT2D eigenvalue weighted by Crippen LogP contribution is -2.55. The molecule has 1 unspecified atom stereocenters. The van der Waals surface area contributed by atoms with Crippen LogP contribution < -0.4 is 9.47 Å². The third-order valence-corrected chi connectivity index (χ3v) is 7.86. The molecule has 3 heterocycles. The number of phenols is 2. The van der Waals surface area contributed by atoms with Crippen molar-refractivity contribution >= 4 is 11.8 Å². The number of carbonyl (C=O) groups is 2. The quantitative estimate of drug-likeness (QED) is 0.137. The molecule has 15 nitrogen and oxygen atoms in total. The Hall–Kier alpha value is -3.38. The van der Waals surface area contributed by atoms with Crippen LogP contribution in [0.5, 0.6) is 23.0 Å². The topological polar surface area (TPSA) is 253 Å². The second kappa shape index (κ2) is 12.0. The number of carbonyl (C=O) groups excluding carboxylic acids is 2. The molecule has 2 saturated heterocycles. The molecule has 0 amide bonds. The average molecular weight is 609 g/mol. The fourth-order valence-electron chi connectivity index (χ4n) is 5.61. The van der Waals surface area contributed by atoms with Crippen molar-refractivity contribution < 1.29 is 74.5 Å². The molecule has 0 saturated carbocycles. The van der Waals surface area contributed by atoms with E-state index >= 15 is 0 Å². The summed E-state index contributed by atoms with van der Waals surface area (Å²) < 4.78 is 22.2. The summed E-state index contributed by atoms with van der Waals surface area (Å²) in [6, 6.07) is 5.97. The Morgan fingerprint density at radius 1 is 0.884 bits per heavy atom. The lowest BCUT2D eigenvalue weighted by molar-refractivity contribution is -0.232. The van der Waals surface area contributed by atoms with Crippen LogP contribution in [-0.2, 0) is 14.3 Å². The third kappa shape index (κ3) is 5.43. The number of rotatable bonds is 5. The summed E-state index contributed by atoms with van der Waals surface area (Å²) in [6.45, 7) is -0.109. The van der Waals surface area contributed by atoms with E-state index in [1.54, 1.807) is 0 Å². The Kier molecular flexibility index (Phi) is 8.63. The fourth-order valence-corrected chi connectivity index (χ4v) is 5.61. The minimum atomic E-state index is -1.98. The predicted octanol–water partition coefficient (Wildman–Crippen LogP) is -1.60. The molecule has 15 heteroatoms. The van der Waals surface area contributed by atoms with Gasteiger partial charge in [0.15, 0.2) is 5.78 Å². The van der Waals surface area contributed by atoms with Gasteiger partial charge >= 0.3 is 5.97 Å². The summed E-state index contributed by atoms with van der Waals surface area (Å²) in [6.07, 6.45) is -17.1. The van der Waals surface area contributed by atoms with E-state index in [2.05, 4.69) is 0 Å². The van der Waals surface area contributed by atoms with Gasteiger partial charge in [-0.05, 0) is 17.7 Å². The zero-order chi connectivity index (χ0) is 31.3. The summed E-state index contributed by atoms with van der Waals surface area (Å²) in [4.78, 5) is 24.8. The highest BCUT2D eigenvalue weighted by atomic mass is 16.6. The van der Waals surface area contributed by atoms with Gasteiger partial charge in [-0.1, -0.05) is 12.1 Å². The first-order valence-electron chi connectivity index (χ1n) is 13.4. The number of ketones is 1. The van der Waals surface area contributed by atoms with Crippen LogP contribution in [0, 0.1) is 0 Å². The number of esters is 1. The lowest BCUT2D eigenvalue weighted by Gasteiger charge is -2.42. The lowest BCUT2D eigenvalue weighted by atomic mass is 9.83. The number of hydrogen-bond acceptors (Lipinski definition) is 15. The highest BCUT2D eigenvalue weighted by Gasteiger charge is 2.50. The van der Waals surface area contributed by atoms with Crippen LogP contribution in [0.15, 0.2) is 24.3 Å². The minimum absolute atomic E-state index is 0.227. The number of benzene rings is 2. The van der Waals surface area contributed by atoms with E-state index in [0.29, 0.717) is 5.56 Å². The SMILES string of the molecule is CC(=O)Oc1ccc(C2CC(=O)c3c(O)c([C@@H]4O[C@H](CO)[C@@H](O)[C@H](O)[C@H]4O)c(O)c([C@@H]4OC[C@@H](O)[C@H](O)[C@H]4O)c3O2)cc1. The van der Waals surface area contributed by atoms with Crippen molar-refractivity contribution in [3.8, 4) is 23.0 Å². The molecule has 0 aliphatic carbocycles. The maximum atomic E-state index is 13.6. The first-order valence-corrected chi connectivity index (χ1v) is 13.4. The number of ether oxygens (including phenoxy) is 4. The van der Waals surface area contributed by atoms with E-state index in [1.165, 1.54) is 31.2 Å². The van der Waals surface area contributed by atoms with Crippen LogP contribution in [0.2, 0.25) is 0 Å². The Labute approximate surface area is 243 Å². The van der Waals surface area contributed by atoms with E-state index < -0.39 is 120 Å². The summed E-state index contributed by atoms with van der Waals surface area (Å²) in [5, 5.41) is 95.1. The largest absolute Gasteiger partial charge is 0.507 e. The highest BCUT2D eigenvalue weighted by molar-refractivity contribution is 6.04. The summed E-state index contributed by atoms with van der Waals surface area (Å²) >= 11 is 0. The Morgan fingerprint density at radius 2 is 1.53 bits per heavy atom. The van der Waals surface area contributed by atoms with E-state index in [1.807, 2.05) is 0 Å². The van der Waals surface area contributed by atoms with Crippen molar-refractivity contribution in [3.05, 3.63) is 46.5 Å². The molecular weight excluding hydrogens is 576 g/mol. The molecule has 43 heavy (non-hydrogen) atoms. The smallest absolute Gasteiger partial charge is 0.308 e. The predicted molar refractivity (Wildman–Crippen MR) is 139 cm³/mol. The number of Topliss-reactive ketones (excluding diaryl/α,β-unsaturated/α-hetero) is 1. The minimum Gasteiger partial charge on any atom is -0.507 e. The molecular formula is C28H32O15. The van der Waals surface area contributed by atoms with Gasteiger partial charge in [0.2, 0.25) is 0 Å². The second-order valence-corrected chi connectivity index (χ2v) is 10.7. The first-order chi connectivity index (χ1) is 20.3. The van der Waals surface area contributed by atoms with Gasteiger partial charge in [0.25, 0.3) is 0 Å². The van der Waals surface area contributed by atoms with Gasteiger partial charge in [-0.15, -0.1) is 0 Å². The maximum absolute atomic E-state index is 13.6. The van der Waals surface area contributed by atoms with Gasteiger partial charge in [0.05, 0.1) is 30.8 Å². The van der Waals surface area contributed by atoms with Gasteiger partial charge in [0, 0.05) is 6.92 Å². The van der Waals surface area contributed by atoms with Crippen LogP contribution in [0.4, 0.5) is 0 Å². The third-order valence-electron chi connectivity index (χ3n) is 7.86. The number of hydrogen-bond donors (Lipinski definition) is 9. The van der Waals surface area contributed by atoms with E-state index in [-0.39, 0.29) is 12.2 Å². The number of aromatic hydroxyl groups is 2. The molecule has 10 atom stereocenters. The molecule has 0 radical (unpaired) electrons. The molecule has 0 spiro atoms. The second-order valence-electron chi connectivity index (χ2n) is 10.7. The molecule has 0 aromatic heterocycles.